The fraction of sp³-hybridized carbons (Fsp3) is 0.345. The highest BCUT2D eigenvalue weighted by Gasteiger charge is 2.20. The molecule has 1 aliphatic rings. The fourth-order valence-corrected chi connectivity index (χ4v) is 5.01. The Labute approximate surface area is 218 Å². The van der Waals surface area contributed by atoms with Gasteiger partial charge in [-0.05, 0) is 44.0 Å². The number of benzene rings is 2. The van der Waals surface area contributed by atoms with Crippen LogP contribution in [0.25, 0.3) is 6.08 Å². The Kier molecular flexibility index (Phi) is 9.14. The lowest BCUT2D eigenvalue weighted by Crippen LogP contribution is -2.47. The summed E-state index contributed by atoms with van der Waals surface area (Å²) < 4.78 is 0. The molecule has 0 atom stereocenters. The number of amides is 1. The molecule has 0 aliphatic carbocycles. The van der Waals surface area contributed by atoms with Crippen LogP contribution in [0, 0.1) is 13.8 Å². The third-order valence-corrected chi connectivity index (χ3v) is 7.33. The third-order valence-electron chi connectivity index (χ3n) is 6.41. The highest BCUT2D eigenvalue weighted by molar-refractivity contribution is 7.98. The van der Waals surface area contributed by atoms with E-state index in [9.17, 15) is 4.79 Å². The van der Waals surface area contributed by atoms with E-state index in [2.05, 4.69) is 65.4 Å². The van der Waals surface area contributed by atoms with Gasteiger partial charge in [0.15, 0.2) is 5.16 Å². The first kappa shape index (κ1) is 25.9. The van der Waals surface area contributed by atoms with Gasteiger partial charge in [-0.2, -0.15) is 0 Å². The Hall–Kier alpha value is -3.16. The van der Waals surface area contributed by atoms with Crippen LogP contribution in [0.5, 0.6) is 0 Å². The lowest BCUT2D eigenvalue weighted by Gasteiger charge is -2.35. The molecule has 1 N–H and O–H groups in total. The molecule has 6 nitrogen and oxygen atoms in total. The molecule has 1 aliphatic heterocycles. The van der Waals surface area contributed by atoms with Gasteiger partial charge in [0.25, 0.3) is 5.91 Å². The number of nitrogens with zero attached hydrogens (tertiary/aromatic N) is 4. The van der Waals surface area contributed by atoms with Crippen LogP contribution in [-0.2, 0) is 5.75 Å². The smallest absolute Gasteiger partial charge is 0.251 e. The number of piperazine rings is 1. The van der Waals surface area contributed by atoms with Crippen LogP contribution in [0.3, 0.4) is 0 Å². The summed E-state index contributed by atoms with van der Waals surface area (Å²) in [6, 6.07) is 18.2. The van der Waals surface area contributed by atoms with Crippen LogP contribution in [0.15, 0.2) is 65.8 Å². The summed E-state index contributed by atoms with van der Waals surface area (Å²) in [5.74, 6) is 1.78. The maximum atomic E-state index is 12.0. The van der Waals surface area contributed by atoms with Crippen LogP contribution < -0.4 is 10.2 Å². The summed E-state index contributed by atoms with van der Waals surface area (Å²) in [5, 5.41) is 3.63. The van der Waals surface area contributed by atoms with E-state index in [4.69, 9.17) is 9.97 Å². The van der Waals surface area contributed by atoms with Gasteiger partial charge in [-0.25, -0.2) is 9.97 Å². The Morgan fingerprint density at radius 3 is 2.42 bits per heavy atom. The molecule has 1 saturated heterocycles. The number of carbonyl (C=O) groups excluding carboxylic acids is 1. The molecule has 4 rings (SSSR count). The molecule has 36 heavy (non-hydrogen) atoms. The zero-order chi connectivity index (χ0) is 25.3. The van der Waals surface area contributed by atoms with Gasteiger partial charge >= 0.3 is 0 Å². The molecular formula is C29H35N5OS. The largest absolute Gasteiger partial charge is 0.354 e. The Balaban J connectivity index is 1.33. The van der Waals surface area contributed by atoms with E-state index >= 15 is 0 Å². The quantitative estimate of drug-likeness (QED) is 0.330. The Morgan fingerprint density at radius 1 is 1.00 bits per heavy atom. The van der Waals surface area contributed by atoms with Gasteiger partial charge in [0.2, 0.25) is 0 Å². The van der Waals surface area contributed by atoms with Crippen LogP contribution >= 0.6 is 11.8 Å². The van der Waals surface area contributed by atoms with Crippen molar-refractivity contribution in [3.8, 4) is 0 Å². The van der Waals surface area contributed by atoms with Crippen molar-refractivity contribution in [2.24, 2.45) is 0 Å². The van der Waals surface area contributed by atoms with Crippen molar-refractivity contribution in [3.05, 3.63) is 88.6 Å². The second-order valence-corrected chi connectivity index (χ2v) is 9.93. The first-order chi connectivity index (χ1) is 17.5. The predicted octanol–water partition coefficient (Wildman–Crippen LogP) is 4.97. The first-order valence-corrected chi connectivity index (χ1v) is 13.6. The van der Waals surface area contributed by atoms with E-state index < -0.39 is 0 Å². The van der Waals surface area contributed by atoms with Crippen molar-refractivity contribution in [1.29, 1.82) is 0 Å². The number of carbonyl (C=O) groups is 1. The van der Waals surface area contributed by atoms with Crippen molar-refractivity contribution in [2.45, 2.75) is 31.7 Å². The molecule has 1 aromatic heterocycles. The molecule has 0 radical (unpaired) electrons. The van der Waals surface area contributed by atoms with Crippen molar-refractivity contribution >= 4 is 29.6 Å². The molecule has 0 unspecified atom stereocenters. The van der Waals surface area contributed by atoms with Gasteiger partial charge in [0, 0.05) is 61.8 Å². The van der Waals surface area contributed by atoms with Crippen molar-refractivity contribution in [2.75, 3.05) is 44.2 Å². The zero-order valence-corrected chi connectivity index (χ0v) is 22.2. The Bertz CT molecular complexity index is 1170. The highest BCUT2D eigenvalue weighted by Crippen LogP contribution is 2.27. The van der Waals surface area contributed by atoms with Gasteiger partial charge in [-0.1, -0.05) is 66.4 Å². The fourth-order valence-electron chi connectivity index (χ4n) is 4.17. The van der Waals surface area contributed by atoms with E-state index in [1.54, 1.807) is 11.8 Å². The minimum absolute atomic E-state index is 0.0360. The number of thioether (sulfide) groups is 1. The minimum Gasteiger partial charge on any atom is -0.354 e. The summed E-state index contributed by atoms with van der Waals surface area (Å²) >= 11 is 1.64. The molecule has 2 heterocycles. The van der Waals surface area contributed by atoms with Gasteiger partial charge < -0.3 is 10.2 Å². The molecular weight excluding hydrogens is 466 g/mol. The monoisotopic (exact) mass is 501 g/mol. The average molecular weight is 502 g/mol. The van der Waals surface area contributed by atoms with Gasteiger partial charge in [0.05, 0.1) is 0 Å². The molecule has 7 heteroatoms. The summed E-state index contributed by atoms with van der Waals surface area (Å²) in [4.78, 5) is 26.5. The number of aryl methyl sites for hydroxylation is 1. The predicted molar refractivity (Wildman–Crippen MR) is 150 cm³/mol. The van der Waals surface area contributed by atoms with Gasteiger partial charge in [-0.3, -0.25) is 9.69 Å². The van der Waals surface area contributed by atoms with E-state index in [1.165, 1.54) is 5.56 Å². The first-order valence-electron chi connectivity index (χ1n) is 12.6. The summed E-state index contributed by atoms with van der Waals surface area (Å²) in [5.41, 5.74) is 5.26. The number of hydrogen-bond donors (Lipinski definition) is 1. The molecule has 2 aromatic carbocycles. The zero-order valence-electron chi connectivity index (χ0n) is 21.4. The number of nitrogens with one attached hydrogen (secondary N) is 1. The van der Waals surface area contributed by atoms with E-state index in [1.807, 2.05) is 37.3 Å². The highest BCUT2D eigenvalue weighted by atomic mass is 32.2. The second kappa shape index (κ2) is 12.7. The standard InChI is InChI=1S/C29H35N5OS/c1-4-30-28(35)26-14-12-25(13-15-26)21-36-29-31-23(3)22(2)27(32-29)34-19-17-33(18-20-34)16-8-11-24-9-6-5-7-10-24/h5-15H,4,16-21H2,1-3H3,(H,30,35)/b11-8+. The SMILES string of the molecule is CCNC(=O)c1ccc(CSc2nc(C)c(C)c(N3CCN(C/C=C/c4ccccc4)CC3)n2)cc1. The lowest BCUT2D eigenvalue weighted by atomic mass is 10.1. The number of aromatic nitrogens is 2. The maximum absolute atomic E-state index is 12.0. The topological polar surface area (TPSA) is 61.4 Å². The van der Waals surface area contributed by atoms with E-state index in [0.29, 0.717) is 12.1 Å². The number of anilines is 1. The molecule has 1 amide bonds. The summed E-state index contributed by atoms with van der Waals surface area (Å²) in [6.07, 6.45) is 4.45. The van der Waals surface area contributed by atoms with E-state index in [-0.39, 0.29) is 5.91 Å². The molecule has 188 valence electrons. The minimum atomic E-state index is -0.0360. The van der Waals surface area contributed by atoms with Crippen LogP contribution in [-0.4, -0.2) is 60.0 Å². The second-order valence-electron chi connectivity index (χ2n) is 8.99. The van der Waals surface area contributed by atoms with Gasteiger partial charge in [-0.15, -0.1) is 0 Å². The van der Waals surface area contributed by atoms with Crippen LogP contribution in [0.4, 0.5) is 5.82 Å². The Morgan fingerprint density at radius 2 is 1.72 bits per heavy atom. The maximum Gasteiger partial charge on any atom is 0.251 e. The molecule has 1 fully saturated rings. The van der Waals surface area contributed by atoms with Crippen LogP contribution in [0.2, 0.25) is 0 Å². The summed E-state index contributed by atoms with van der Waals surface area (Å²) in [6.45, 7) is 11.7. The number of rotatable bonds is 9. The lowest BCUT2D eigenvalue weighted by molar-refractivity contribution is 0.0956. The van der Waals surface area contributed by atoms with Crippen molar-refractivity contribution in [1.82, 2.24) is 20.2 Å². The van der Waals surface area contributed by atoms with Gasteiger partial charge in [0.1, 0.15) is 5.82 Å². The third kappa shape index (κ3) is 6.95. The molecule has 0 saturated carbocycles. The van der Waals surface area contributed by atoms with Crippen molar-refractivity contribution < 1.29 is 4.79 Å². The molecule has 3 aromatic rings. The summed E-state index contributed by atoms with van der Waals surface area (Å²) in [7, 11) is 0. The van der Waals surface area contributed by atoms with Crippen LogP contribution in [0.1, 0.15) is 39.7 Å². The van der Waals surface area contributed by atoms with E-state index in [0.717, 1.165) is 66.3 Å². The normalized spacial score (nSPS) is 14.4. The number of hydrogen-bond acceptors (Lipinski definition) is 6. The average Bonchev–Trinajstić information content (AvgIpc) is 2.91. The molecule has 0 spiro atoms. The van der Waals surface area contributed by atoms with Crippen molar-refractivity contribution in [3.63, 3.8) is 0 Å². The molecule has 0 bridgehead atoms.